The molecule has 8 nitrogen and oxygen atoms in total. The number of aromatic nitrogens is 3. The Balaban J connectivity index is 1.69. The number of alkyl halides is 3. The van der Waals surface area contributed by atoms with Crippen molar-refractivity contribution in [1.82, 2.24) is 20.3 Å². The van der Waals surface area contributed by atoms with Crippen molar-refractivity contribution >= 4 is 28.8 Å². The van der Waals surface area contributed by atoms with Crippen LogP contribution in [0.25, 0.3) is 10.6 Å². The second-order valence-corrected chi connectivity index (χ2v) is 10.1. The lowest BCUT2D eigenvalue weighted by Crippen LogP contribution is -2.41. The Labute approximate surface area is 209 Å². The lowest BCUT2D eigenvalue weighted by Gasteiger charge is -2.32. The summed E-state index contributed by atoms with van der Waals surface area (Å²) in [5.41, 5.74) is 1.62. The number of nitrogens with one attached hydrogen (secondary N) is 1. The van der Waals surface area contributed by atoms with Crippen LogP contribution in [0.5, 0.6) is 5.75 Å². The number of amides is 2. The number of hydrogen-bond acceptors (Lipinski definition) is 7. The second-order valence-electron chi connectivity index (χ2n) is 8.87. The number of aryl methyl sites for hydroxylation is 1. The van der Waals surface area contributed by atoms with Crippen LogP contribution in [0, 0.1) is 12.8 Å². The van der Waals surface area contributed by atoms with Gasteiger partial charge in [0, 0.05) is 41.1 Å². The van der Waals surface area contributed by atoms with Gasteiger partial charge in [0.15, 0.2) is 12.4 Å². The van der Waals surface area contributed by atoms with E-state index in [1.807, 2.05) is 20.8 Å². The predicted octanol–water partition coefficient (Wildman–Crippen LogP) is 4.80. The molecule has 0 fully saturated rings. The molecule has 0 saturated carbocycles. The zero-order chi connectivity index (χ0) is 26.2. The van der Waals surface area contributed by atoms with Crippen LogP contribution in [0.2, 0.25) is 0 Å². The fourth-order valence-electron chi connectivity index (χ4n) is 3.72. The predicted molar refractivity (Wildman–Crippen MR) is 128 cm³/mol. The monoisotopic (exact) mass is 519 g/mol. The smallest absolute Gasteiger partial charge is 0.451 e. The molecule has 1 aromatic carbocycles. The molecule has 36 heavy (non-hydrogen) atoms. The molecule has 190 valence electrons. The van der Waals surface area contributed by atoms with Gasteiger partial charge in [-0.15, -0.1) is 11.3 Å². The third-order valence-electron chi connectivity index (χ3n) is 5.44. The molecule has 2 amide bonds. The lowest BCUT2D eigenvalue weighted by molar-refractivity contribution is -0.145. The van der Waals surface area contributed by atoms with Crippen molar-refractivity contribution in [2.24, 2.45) is 5.92 Å². The number of thiazole rings is 1. The molecule has 1 aliphatic rings. The van der Waals surface area contributed by atoms with Crippen molar-refractivity contribution in [2.75, 3.05) is 18.1 Å². The Hall–Kier alpha value is -3.54. The summed E-state index contributed by atoms with van der Waals surface area (Å²) in [4.78, 5) is 39.6. The van der Waals surface area contributed by atoms with E-state index in [9.17, 15) is 22.8 Å². The highest BCUT2D eigenvalue weighted by molar-refractivity contribution is 7.15. The van der Waals surface area contributed by atoms with Crippen LogP contribution >= 0.6 is 11.3 Å². The molecule has 1 atom stereocenters. The molecule has 4 rings (SSSR count). The average Bonchev–Trinajstić information content (AvgIpc) is 3.25. The molecule has 1 aliphatic heterocycles. The molecule has 0 bridgehead atoms. The maximum absolute atomic E-state index is 13.2. The molecule has 0 radical (unpaired) electrons. The first kappa shape index (κ1) is 25.5. The highest BCUT2D eigenvalue weighted by atomic mass is 32.1. The highest BCUT2D eigenvalue weighted by Crippen LogP contribution is 2.43. The number of carbonyl (C=O) groups excluding carboxylic acids is 2. The van der Waals surface area contributed by atoms with E-state index in [2.05, 4.69) is 20.3 Å². The van der Waals surface area contributed by atoms with Crippen LogP contribution in [0.3, 0.4) is 0 Å². The van der Waals surface area contributed by atoms with Gasteiger partial charge in [0.05, 0.1) is 17.3 Å². The summed E-state index contributed by atoms with van der Waals surface area (Å²) < 4.78 is 44.1. The highest BCUT2D eigenvalue weighted by Gasteiger charge is 2.34. The van der Waals surface area contributed by atoms with Crippen LogP contribution in [0.4, 0.5) is 18.9 Å². The standard InChI is InChI=1S/C24H24F3N5O3S/c1-12(2)10-32-18-6-15(5-17(20(18)35-11-19(32)33)22-28-7-13(3)36-22)21(34)31-14(4)16-8-29-23(30-9-16)24(25,26)27/h5-9,12,14H,10-11H2,1-4H3,(H,31,34). The summed E-state index contributed by atoms with van der Waals surface area (Å²) >= 11 is 1.43. The van der Waals surface area contributed by atoms with E-state index < -0.39 is 23.9 Å². The quantitative estimate of drug-likeness (QED) is 0.503. The van der Waals surface area contributed by atoms with E-state index in [1.54, 1.807) is 30.2 Å². The molecule has 0 aliphatic carbocycles. The third-order valence-corrected chi connectivity index (χ3v) is 6.38. The molecular weight excluding hydrogens is 495 g/mol. The summed E-state index contributed by atoms with van der Waals surface area (Å²) in [6, 6.07) is 2.56. The molecule has 2 aromatic heterocycles. The molecule has 3 aromatic rings. The largest absolute Gasteiger partial charge is 0.481 e. The zero-order valence-corrected chi connectivity index (χ0v) is 20.8. The number of ether oxygens (including phenoxy) is 1. The Morgan fingerprint density at radius 2 is 1.86 bits per heavy atom. The first-order valence-electron chi connectivity index (χ1n) is 11.2. The number of halogens is 3. The molecule has 3 heterocycles. The molecular formula is C24H24F3N5O3S. The lowest BCUT2D eigenvalue weighted by atomic mass is 10.0. The molecule has 0 spiro atoms. The van der Waals surface area contributed by atoms with Gasteiger partial charge < -0.3 is 15.0 Å². The maximum atomic E-state index is 13.2. The van der Waals surface area contributed by atoms with Gasteiger partial charge in [-0.2, -0.15) is 13.2 Å². The van der Waals surface area contributed by atoms with Gasteiger partial charge in [-0.25, -0.2) is 15.0 Å². The van der Waals surface area contributed by atoms with Gasteiger partial charge in [-0.05, 0) is 31.9 Å². The Morgan fingerprint density at radius 3 is 2.44 bits per heavy atom. The van der Waals surface area contributed by atoms with Gasteiger partial charge in [0.2, 0.25) is 5.82 Å². The minimum Gasteiger partial charge on any atom is -0.481 e. The number of fused-ring (bicyclic) bond motifs is 1. The van der Waals surface area contributed by atoms with E-state index >= 15 is 0 Å². The third kappa shape index (κ3) is 5.32. The number of rotatable bonds is 6. The van der Waals surface area contributed by atoms with Crippen molar-refractivity contribution in [3.63, 3.8) is 0 Å². The van der Waals surface area contributed by atoms with Gasteiger partial charge in [0.1, 0.15) is 5.01 Å². The number of benzene rings is 1. The number of carbonyl (C=O) groups is 2. The van der Waals surface area contributed by atoms with Crippen LogP contribution in [-0.2, 0) is 11.0 Å². The van der Waals surface area contributed by atoms with Crippen molar-refractivity contribution in [3.8, 4) is 16.3 Å². The second kappa shape index (κ2) is 9.84. The van der Waals surface area contributed by atoms with Crippen molar-refractivity contribution < 1.29 is 27.5 Å². The summed E-state index contributed by atoms with van der Waals surface area (Å²) in [6.07, 6.45) is -0.867. The molecule has 0 saturated heterocycles. The normalized spacial score (nSPS) is 14.4. The van der Waals surface area contributed by atoms with Gasteiger partial charge in [-0.1, -0.05) is 13.8 Å². The van der Waals surface area contributed by atoms with E-state index in [0.29, 0.717) is 34.1 Å². The van der Waals surface area contributed by atoms with E-state index in [1.165, 1.54) is 11.3 Å². The maximum Gasteiger partial charge on any atom is 0.451 e. The number of hydrogen-bond donors (Lipinski definition) is 1. The Bertz CT molecular complexity index is 1290. The van der Waals surface area contributed by atoms with Gasteiger partial charge >= 0.3 is 6.18 Å². The van der Waals surface area contributed by atoms with E-state index in [0.717, 1.165) is 17.3 Å². The minimum absolute atomic E-state index is 0.117. The van der Waals surface area contributed by atoms with Crippen molar-refractivity contribution in [2.45, 2.75) is 39.9 Å². The van der Waals surface area contributed by atoms with Crippen molar-refractivity contribution in [3.05, 3.63) is 52.6 Å². The summed E-state index contributed by atoms with van der Waals surface area (Å²) in [6.45, 7) is 7.82. The van der Waals surface area contributed by atoms with E-state index in [4.69, 9.17) is 4.74 Å². The summed E-state index contributed by atoms with van der Waals surface area (Å²) in [7, 11) is 0. The van der Waals surface area contributed by atoms with Crippen LogP contribution in [-0.4, -0.2) is 39.9 Å². The first-order chi connectivity index (χ1) is 16.9. The topological polar surface area (TPSA) is 97.3 Å². The number of nitrogens with zero attached hydrogens (tertiary/aromatic N) is 4. The van der Waals surface area contributed by atoms with Crippen LogP contribution in [0.1, 0.15) is 53.4 Å². The number of anilines is 1. The Morgan fingerprint density at radius 1 is 1.17 bits per heavy atom. The fourth-order valence-corrected chi connectivity index (χ4v) is 4.50. The zero-order valence-electron chi connectivity index (χ0n) is 20.0. The first-order valence-corrected chi connectivity index (χ1v) is 12.0. The molecule has 1 N–H and O–H groups in total. The summed E-state index contributed by atoms with van der Waals surface area (Å²) in [5.74, 6) is -1.31. The van der Waals surface area contributed by atoms with Crippen molar-refractivity contribution in [1.29, 1.82) is 0 Å². The van der Waals surface area contributed by atoms with Gasteiger partial charge in [0.25, 0.3) is 11.8 Å². The van der Waals surface area contributed by atoms with Gasteiger partial charge in [-0.3, -0.25) is 9.59 Å². The summed E-state index contributed by atoms with van der Waals surface area (Å²) in [5, 5.41) is 3.41. The SMILES string of the molecule is Cc1cnc(-c2cc(C(=O)NC(C)c3cnc(C(F)(F)F)nc3)cc3c2OCC(=O)N3CC(C)C)s1. The van der Waals surface area contributed by atoms with Crippen LogP contribution in [0.15, 0.2) is 30.7 Å². The average molecular weight is 520 g/mol. The van der Waals surface area contributed by atoms with E-state index in [-0.39, 0.29) is 24.0 Å². The molecule has 12 heteroatoms. The van der Waals surface area contributed by atoms with Crippen LogP contribution < -0.4 is 15.0 Å². The fraction of sp³-hybridized carbons (Fsp3) is 0.375. The minimum atomic E-state index is -4.65. The Kier molecular flexibility index (Phi) is 6.98. The molecule has 1 unspecified atom stereocenters.